The highest BCUT2D eigenvalue weighted by Crippen LogP contribution is 2.23. The molecule has 0 saturated heterocycles. The molecule has 1 aromatic heterocycles. The molecular formula is C15H11F3N2O2. The number of halogens is 3. The maximum absolute atomic E-state index is 12.1. The number of aromatic amines is 1. The van der Waals surface area contributed by atoms with Crippen molar-refractivity contribution < 1.29 is 17.9 Å². The fourth-order valence-corrected chi connectivity index (χ4v) is 2.25. The molecule has 0 aliphatic heterocycles. The van der Waals surface area contributed by atoms with Crippen LogP contribution in [0.2, 0.25) is 0 Å². The molecule has 0 radical (unpaired) electrons. The molecule has 0 fully saturated rings. The Balaban J connectivity index is 1.85. The van der Waals surface area contributed by atoms with Gasteiger partial charge in [-0.25, -0.2) is 0 Å². The molecule has 0 saturated carbocycles. The molecule has 1 heterocycles. The zero-order valence-electron chi connectivity index (χ0n) is 11.2. The quantitative estimate of drug-likeness (QED) is 0.807. The van der Waals surface area contributed by atoms with E-state index in [1.165, 1.54) is 24.3 Å². The summed E-state index contributed by atoms with van der Waals surface area (Å²) in [5.41, 5.74) is 1.28. The number of rotatable bonds is 3. The van der Waals surface area contributed by atoms with E-state index in [2.05, 4.69) is 9.84 Å². The normalized spacial score (nSPS) is 11.8. The van der Waals surface area contributed by atoms with Gasteiger partial charge in [-0.2, -0.15) is 0 Å². The van der Waals surface area contributed by atoms with Crippen LogP contribution in [0.5, 0.6) is 5.75 Å². The van der Waals surface area contributed by atoms with Gasteiger partial charge >= 0.3 is 6.36 Å². The Morgan fingerprint density at radius 3 is 2.41 bits per heavy atom. The van der Waals surface area contributed by atoms with E-state index in [9.17, 15) is 18.0 Å². The van der Waals surface area contributed by atoms with E-state index in [1.54, 1.807) is 22.9 Å². The van der Waals surface area contributed by atoms with Crippen LogP contribution >= 0.6 is 0 Å². The first-order valence-electron chi connectivity index (χ1n) is 6.45. The van der Waals surface area contributed by atoms with E-state index in [0.29, 0.717) is 11.9 Å². The lowest BCUT2D eigenvalue weighted by Crippen LogP contribution is -2.17. The van der Waals surface area contributed by atoms with Gasteiger partial charge in [-0.05, 0) is 29.8 Å². The average Bonchev–Trinajstić information content (AvgIpc) is 2.77. The van der Waals surface area contributed by atoms with Crippen molar-refractivity contribution in [3.05, 3.63) is 64.4 Å². The van der Waals surface area contributed by atoms with Crippen LogP contribution in [0.3, 0.4) is 0 Å². The van der Waals surface area contributed by atoms with Crippen molar-refractivity contribution in [3.8, 4) is 5.75 Å². The number of H-pyrrole nitrogens is 1. The van der Waals surface area contributed by atoms with E-state index in [-0.39, 0.29) is 11.3 Å². The first-order chi connectivity index (χ1) is 10.4. The van der Waals surface area contributed by atoms with Gasteiger partial charge in [0.1, 0.15) is 5.75 Å². The molecule has 0 amide bonds. The Kier molecular flexibility index (Phi) is 3.40. The number of alkyl halides is 3. The smallest absolute Gasteiger partial charge is 0.406 e. The van der Waals surface area contributed by atoms with Crippen LogP contribution in [-0.2, 0) is 6.54 Å². The molecule has 0 unspecified atom stereocenters. The van der Waals surface area contributed by atoms with E-state index >= 15 is 0 Å². The molecule has 7 heteroatoms. The number of ether oxygens (including phenoxy) is 1. The third-order valence-electron chi connectivity index (χ3n) is 3.17. The van der Waals surface area contributed by atoms with Crippen molar-refractivity contribution >= 4 is 10.9 Å². The van der Waals surface area contributed by atoms with Crippen LogP contribution in [0.4, 0.5) is 13.2 Å². The largest absolute Gasteiger partial charge is 0.573 e. The lowest BCUT2D eigenvalue weighted by molar-refractivity contribution is -0.274. The molecule has 0 aliphatic carbocycles. The van der Waals surface area contributed by atoms with Crippen molar-refractivity contribution in [3.63, 3.8) is 0 Å². The number of fused-ring (bicyclic) bond motifs is 1. The van der Waals surface area contributed by atoms with Gasteiger partial charge in [-0.1, -0.05) is 24.3 Å². The Morgan fingerprint density at radius 1 is 1.05 bits per heavy atom. The van der Waals surface area contributed by atoms with Gasteiger partial charge in [0.05, 0.1) is 17.4 Å². The first-order valence-corrected chi connectivity index (χ1v) is 6.45. The Labute approximate surface area is 122 Å². The second kappa shape index (κ2) is 5.25. The number of para-hydroxylation sites is 1. The third-order valence-corrected chi connectivity index (χ3v) is 3.17. The minimum atomic E-state index is -4.70. The van der Waals surface area contributed by atoms with Gasteiger partial charge in [0.25, 0.3) is 5.56 Å². The summed E-state index contributed by atoms with van der Waals surface area (Å²) in [6.07, 6.45) is -4.70. The number of aromatic nitrogens is 2. The Morgan fingerprint density at radius 2 is 1.73 bits per heavy atom. The van der Waals surface area contributed by atoms with Crippen molar-refractivity contribution in [1.29, 1.82) is 0 Å². The Bertz CT molecular complexity index is 848. The summed E-state index contributed by atoms with van der Waals surface area (Å²) in [5, 5.41) is 3.27. The minimum absolute atomic E-state index is 0.201. The zero-order chi connectivity index (χ0) is 15.7. The summed E-state index contributed by atoms with van der Waals surface area (Å²) in [5.74, 6) is -0.276. The van der Waals surface area contributed by atoms with Crippen LogP contribution in [0.1, 0.15) is 5.56 Å². The van der Waals surface area contributed by atoms with Crippen molar-refractivity contribution in [2.24, 2.45) is 0 Å². The molecule has 114 valence electrons. The number of nitrogens with zero attached hydrogens (tertiary/aromatic N) is 1. The van der Waals surface area contributed by atoms with Gasteiger partial charge < -0.3 is 4.74 Å². The zero-order valence-corrected chi connectivity index (χ0v) is 11.2. The summed E-state index contributed by atoms with van der Waals surface area (Å²) in [6, 6.07) is 12.6. The van der Waals surface area contributed by atoms with Crippen LogP contribution in [0.15, 0.2) is 53.3 Å². The highest BCUT2D eigenvalue weighted by Gasteiger charge is 2.30. The Hall–Kier alpha value is -2.70. The molecular weight excluding hydrogens is 297 g/mol. The monoisotopic (exact) mass is 308 g/mol. The van der Waals surface area contributed by atoms with Gasteiger partial charge in [0.15, 0.2) is 0 Å². The molecule has 0 aliphatic rings. The summed E-state index contributed by atoms with van der Waals surface area (Å²) in [7, 11) is 0. The highest BCUT2D eigenvalue weighted by molar-refractivity contribution is 5.78. The lowest BCUT2D eigenvalue weighted by Gasteiger charge is -2.10. The predicted octanol–water partition coefficient (Wildman–Crippen LogP) is 3.28. The second-order valence-electron chi connectivity index (χ2n) is 4.74. The van der Waals surface area contributed by atoms with Crippen LogP contribution < -0.4 is 10.3 Å². The molecule has 22 heavy (non-hydrogen) atoms. The van der Waals surface area contributed by atoms with Crippen LogP contribution in [0, 0.1) is 0 Å². The standard InChI is InChI=1S/C15H11F3N2O2/c16-15(17,18)22-11-7-5-10(6-8-11)9-20-13-4-2-1-3-12(13)14(21)19-20/h1-8H,9H2,(H,19,21). The van der Waals surface area contributed by atoms with Crippen molar-refractivity contribution in [1.82, 2.24) is 9.78 Å². The lowest BCUT2D eigenvalue weighted by atomic mass is 10.2. The van der Waals surface area contributed by atoms with Gasteiger partial charge in [0.2, 0.25) is 0 Å². The molecule has 0 bridgehead atoms. The molecule has 2 aromatic carbocycles. The fourth-order valence-electron chi connectivity index (χ4n) is 2.25. The summed E-state index contributed by atoms with van der Waals surface area (Å²) in [6.45, 7) is 0.342. The average molecular weight is 308 g/mol. The fraction of sp³-hybridized carbons (Fsp3) is 0.133. The van der Waals surface area contributed by atoms with Crippen molar-refractivity contribution in [2.45, 2.75) is 12.9 Å². The number of hydrogen-bond donors (Lipinski definition) is 1. The maximum Gasteiger partial charge on any atom is 0.573 e. The first kappa shape index (κ1) is 14.2. The van der Waals surface area contributed by atoms with E-state index < -0.39 is 6.36 Å². The van der Waals surface area contributed by atoms with Gasteiger partial charge in [-0.3, -0.25) is 14.6 Å². The maximum atomic E-state index is 12.1. The van der Waals surface area contributed by atoms with E-state index in [1.807, 2.05) is 6.07 Å². The summed E-state index contributed by atoms with van der Waals surface area (Å²) in [4.78, 5) is 11.8. The van der Waals surface area contributed by atoms with Crippen molar-refractivity contribution in [2.75, 3.05) is 0 Å². The van der Waals surface area contributed by atoms with E-state index in [0.717, 1.165) is 11.1 Å². The topological polar surface area (TPSA) is 47.0 Å². The van der Waals surface area contributed by atoms with Crippen LogP contribution in [-0.4, -0.2) is 16.1 Å². The number of hydrogen-bond acceptors (Lipinski definition) is 2. The highest BCUT2D eigenvalue weighted by atomic mass is 19.4. The summed E-state index contributed by atoms with van der Waals surface area (Å²) >= 11 is 0. The molecule has 0 atom stereocenters. The molecule has 0 spiro atoms. The molecule has 4 nitrogen and oxygen atoms in total. The number of benzene rings is 2. The SMILES string of the molecule is O=c1[nH]n(Cc2ccc(OC(F)(F)F)cc2)c2ccccc12. The third kappa shape index (κ3) is 2.98. The van der Waals surface area contributed by atoms with Gasteiger partial charge in [-0.15, -0.1) is 13.2 Å². The second-order valence-corrected chi connectivity index (χ2v) is 4.74. The van der Waals surface area contributed by atoms with E-state index in [4.69, 9.17) is 0 Å². The molecule has 1 N–H and O–H groups in total. The summed E-state index contributed by atoms with van der Waals surface area (Å²) < 4.78 is 41.8. The molecule has 3 rings (SSSR count). The number of nitrogens with one attached hydrogen (secondary N) is 1. The minimum Gasteiger partial charge on any atom is -0.406 e. The van der Waals surface area contributed by atoms with Crippen LogP contribution in [0.25, 0.3) is 10.9 Å². The molecule has 3 aromatic rings. The predicted molar refractivity (Wildman–Crippen MR) is 74.8 cm³/mol. The van der Waals surface area contributed by atoms with Gasteiger partial charge in [0, 0.05) is 0 Å².